The Bertz CT molecular complexity index is 623. The average Bonchev–Trinajstić information content (AvgIpc) is 2.30. The predicted octanol–water partition coefficient (Wildman–Crippen LogP) is 4.73. The molecule has 0 aliphatic rings. The van der Waals surface area contributed by atoms with Crippen LogP contribution in [0, 0.1) is 6.92 Å². The Kier molecular flexibility index (Phi) is 4.30. The number of aryl methyl sites for hydroxylation is 1. The first-order valence-electron chi connectivity index (χ1n) is 5.51. The van der Waals surface area contributed by atoms with Crippen LogP contribution in [0.1, 0.15) is 11.1 Å². The van der Waals surface area contributed by atoms with Crippen LogP contribution in [0.5, 0.6) is 11.5 Å². The van der Waals surface area contributed by atoms with E-state index >= 15 is 0 Å². The van der Waals surface area contributed by atoms with Crippen LogP contribution in [0.2, 0.25) is 10.0 Å². The van der Waals surface area contributed by atoms with Crippen LogP contribution in [0.15, 0.2) is 36.4 Å². The van der Waals surface area contributed by atoms with Crippen LogP contribution in [0.25, 0.3) is 0 Å². The van der Waals surface area contributed by atoms with E-state index in [1.165, 1.54) is 0 Å². The van der Waals surface area contributed by atoms with Gasteiger partial charge in [-0.3, -0.25) is 0 Å². The highest BCUT2D eigenvalue weighted by atomic mass is 35.5. The van der Waals surface area contributed by atoms with E-state index < -0.39 is 0 Å². The van der Waals surface area contributed by atoms with Crippen LogP contribution >= 0.6 is 35.4 Å². The molecule has 0 unspecified atom stereocenters. The number of ether oxygens (including phenoxy) is 1. The molecule has 0 bridgehead atoms. The summed E-state index contributed by atoms with van der Waals surface area (Å²) in [6, 6.07) is 10.6. The van der Waals surface area contributed by atoms with E-state index in [0.29, 0.717) is 27.1 Å². The number of para-hydroxylation sites is 1. The zero-order chi connectivity index (χ0) is 14.0. The van der Waals surface area contributed by atoms with Crippen molar-refractivity contribution in [3.63, 3.8) is 0 Å². The first kappa shape index (κ1) is 14.1. The lowest BCUT2D eigenvalue weighted by molar-refractivity contribution is 0.478. The van der Waals surface area contributed by atoms with Crippen LogP contribution in [-0.2, 0) is 0 Å². The highest BCUT2D eigenvalue weighted by Crippen LogP contribution is 2.32. The summed E-state index contributed by atoms with van der Waals surface area (Å²) < 4.78 is 5.83. The molecule has 0 saturated carbocycles. The summed E-state index contributed by atoms with van der Waals surface area (Å²) in [6.45, 7) is 1.92. The fraction of sp³-hybridized carbons (Fsp3) is 0.0714. The first-order valence-corrected chi connectivity index (χ1v) is 6.67. The van der Waals surface area contributed by atoms with Gasteiger partial charge in [0.25, 0.3) is 0 Å². The van der Waals surface area contributed by atoms with Gasteiger partial charge in [-0.2, -0.15) is 0 Å². The Hall–Kier alpha value is -1.29. The number of hydrogen-bond acceptors (Lipinski definition) is 2. The van der Waals surface area contributed by atoms with E-state index in [9.17, 15) is 0 Å². The van der Waals surface area contributed by atoms with Gasteiger partial charge >= 0.3 is 0 Å². The number of nitrogens with two attached hydrogens (primary N) is 1. The van der Waals surface area contributed by atoms with Crippen LogP contribution in [-0.4, -0.2) is 4.99 Å². The summed E-state index contributed by atoms with van der Waals surface area (Å²) in [7, 11) is 0. The molecule has 2 rings (SSSR count). The Morgan fingerprint density at radius 1 is 1.16 bits per heavy atom. The third kappa shape index (κ3) is 3.38. The Balaban J connectivity index is 2.45. The molecule has 2 aromatic carbocycles. The normalized spacial score (nSPS) is 10.3. The number of hydrogen-bond donors (Lipinski definition) is 1. The van der Waals surface area contributed by atoms with Gasteiger partial charge in [-0.05, 0) is 36.8 Å². The third-order valence-corrected chi connectivity index (χ3v) is 3.19. The Morgan fingerprint density at radius 3 is 2.37 bits per heavy atom. The molecule has 0 radical (unpaired) electrons. The lowest BCUT2D eigenvalue weighted by atomic mass is 10.1. The highest BCUT2D eigenvalue weighted by Gasteiger charge is 2.11. The highest BCUT2D eigenvalue weighted by molar-refractivity contribution is 7.80. The van der Waals surface area contributed by atoms with Crippen LogP contribution in [0.3, 0.4) is 0 Å². The summed E-state index contributed by atoms with van der Waals surface area (Å²) >= 11 is 16.9. The maximum absolute atomic E-state index is 5.94. The van der Waals surface area contributed by atoms with E-state index in [-0.39, 0.29) is 4.99 Å². The van der Waals surface area contributed by atoms with Gasteiger partial charge in [0.15, 0.2) is 0 Å². The van der Waals surface area contributed by atoms with Crippen molar-refractivity contribution in [3.8, 4) is 11.5 Å². The molecule has 0 aliphatic heterocycles. The second kappa shape index (κ2) is 5.78. The molecule has 0 aromatic heterocycles. The zero-order valence-electron chi connectivity index (χ0n) is 10.1. The molecule has 0 fully saturated rings. The molecule has 0 spiro atoms. The molecule has 2 nitrogen and oxygen atoms in total. The second-order valence-electron chi connectivity index (χ2n) is 4.02. The van der Waals surface area contributed by atoms with Gasteiger partial charge in [-0.1, -0.05) is 47.6 Å². The molecule has 19 heavy (non-hydrogen) atoms. The monoisotopic (exact) mass is 311 g/mol. The van der Waals surface area contributed by atoms with Crippen molar-refractivity contribution in [2.24, 2.45) is 5.73 Å². The van der Waals surface area contributed by atoms with Gasteiger partial charge in [0.2, 0.25) is 0 Å². The minimum Gasteiger partial charge on any atom is -0.456 e. The Labute approximate surface area is 127 Å². The smallest absolute Gasteiger partial charge is 0.140 e. The van der Waals surface area contributed by atoms with Crippen molar-refractivity contribution in [1.29, 1.82) is 0 Å². The van der Waals surface area contributed by atoms with E-state index in [1.807, 2.05) is 25.1 Å². The van der Waals surface area contributed by atoms with E-state index in [0.717, 1.165) is 5.56 Å². The number of rotatable bonds is 3. The number of benzene rings is 2. The molecule has 0 aliphatic carbocycles. The maximum Gasteiger partial charge on any atom is 0.140 e. The van der Waals surface area contributed by atoms with Crippen LogP contribution < -0.4 is 10.5 Å². The lowest BCUT2D eigenvalue weighted by Gasteiger charge is -2.13. The largest absolute Gasteiger partial charge is 0.456 e. The van der Waals surface area contributed by atoms with Gasteiger partial charge in [0, 0.05) is 10.0 Å². The summed E-state index contributed by atoms with van der Waals surface area (Å²) in [5, 5.41) is 1.01. The third-order valence-electron chi connectivity index (χ3n) is 2.53. The SMILES string of the molecule is Cc1cccc(C(N)=S)c1Oc1cc(Cl)cc(Cl)c1. The zero-order valence-corrected chi connectivity index (χ0v) is 12.4. The van der Waals surface area contributed by atoms with Crippen molar-refractivity contribution in [1.82, 2.24) is 0 Å². The molecular weight excluding hydrogens is 301 g/mol. The fourth-order valence-corrected chi connectivity index (χ4v) is 2.35. The predicted molar refractivity (Wildman–Crippen MR) is 83.6 cm³/mol. The molecule has 0 heterocycles. The van der Waals surface area contributed by atoms with E-state index in [4.69, 9.17) is 45.9 Å². The summed E-state index contributed by atoms with van der Waals surface area (Å²) in [4.78, 5) is 0.284. The molecule has 0 amide bonds. The summed E-state index contributed by atoms with van der Waals surface area (Å²) in [6.07, 6.45) is 0. The average molecular weight is 312 g/mol. The van der Waals surface area contributed by atoms with Gasteiger partial charge in [-0.25, -0.2) is 0 Å². The van der Waals surface area contributed by atoms with Gasteiger partial charge in [0.05, 0.1) is 5.56 Å². The van der Waals surface area contributed by atoms with Crippen molar-refractivity contribution >= 4 is 40.4 Å². The maximum atomic E-state index is 5.94. The quantitative estimate of drug-likeness (QED) is 0.832. The van der Waals surface area contributed by atoms with Crippen molar-refractivity contribution in [3.05, 3.63) is 57.6 Å². The van der Waals surface area contributed by atoms with Crippen LogP contribution in [0.4, 0.5) is 0 Å². The van der Waals surface area contributed by atoms with E-state index in [1.54, 1.807) is 18.2 Å². The van der Waals surface area contributed by atoms with Crippen molar-refractivity contribution in [2.45, 2.75) is 6.92 Å². The van der Waals surface area contributed by atoms with E-state index in [2.05, 4.69) is 0 Å². The van der Waals surface area contributed by atoms with Gasteiger partial charge < -0.3 is 10.5 Å². The molecule has 2 N–H and O–H groups in total. The summed E-state index contributed by atoms with van der Waals surface area (Å²) in [5.74, 6) is 1.16. The topological polar surface area (TPSA) is 35.2 Å². The first-order chi connectivity index (χ1) is 8.97. The molecule has 2 aromatic rings. The molecule has 98 valence electrons. The van der Waals surface area contributed by atoms with Gasteiger partial charge in [0.1, 0.15) is 16.5 Å². The standard InChI is InChI=1S/C14H11Cl2NOS/c1-8-3-2-4-12(14(17)19)13(8)18-11-6-9(15)5-10(16)7-11/h2-7H,1H3,(H2,17,19). The molecule has 0 saturated heterocycles. The lowest BCUT2D eigenvalue weighted by Crippen LogP contribution is -2.11. The Morgan fingerprint density at radius 2 is 1.79 bits per heavy atom. The number of halogens is 2. The number of thiocarbonyl (C=S) groups is 1. The molecule has 0 atom stereocenters. The van der Waals surface area contributed by atoms with Gasteiger partial charge in [-0.15, -0.1) is 0 Å². The fourth-order valence-electron chi connectivity index (χ4n) is 1.69. The molecule has 5 heteroatoms. The summed E-state index contributed by atoms with van der Waals surface area (Å²) in [5.41, 5.74) is 7.31. The van der Waals surface area contributed by atoms with Crippen molar-refractivity contribution < 1.29 is 4.74 Å². The minimum atomic E-state index is 0.284. The minimum absolute atomic E-state index is 0.284. The van der Waals surface area contributed by atoms with Crippen molar-refractivity contribution in [2.75, 3.05) is 0 Å². The second-order valence-corrected chi connectivity index (χ2v) is 5.34. The molecular formula is C14H11Cl2NOS.